The quantitative estimate of drug-likeness (QED) is 0.708. The van der Waals surface area contributed by atoms with Crippen LogP contribution >= 0.6 is 0 Å². The van der Waals surface area contributed by atoms with Gasteiger partial charge in [-0.2, -0.15) is 4.72 Å². The Morgan fingerprint density at radius 1 is 1.35 bits per heavy atom. The first-order chi connectivity index (χ1) is 14.7. The fourth-order valence-electron chi connectivity index (χ4n) is 4.05. The van der Waals surface area contributed by atoms with Crippen molar-refractivity contribution in [3.05, 3.63) is 36.4 Å². The van der Waals surface area contributed by atoms with Gasteiger partial charge in [0.1, 0.15) is 11.9 Å². The number of nitrogens with zero attached hydrogens (tertiary/aromatic N) is 5. The molecular weight excluding hydrogens is 427 g/mol. The fourth-order valence-corrected chi connectivity index (χ4v) is 4.77. The smallest absolute Gasteiger partial charge is 0.414 e. The molecule has 1 amide bonds. The Bertz CT molecular complexity index is 1050. The molecule has 1 aromatic carbocycles. The standard InChI is InChI=1S/C19H25FN6O4S/c1-13-5-7-25(18(9-13)22-31(2,28)29)17-4-3-14(10-16(17)20)26-12-15(30-19(26)27)11-24-8-6-21-23-24/h3-4,6,8,10,13,15,18,22H,5,7,9,11-12H2,1-2H3/t13?,15-,18?/m0/s1. The highest BCUT2D eigenvalue weighted by Crippen LogP contribution is 2.32. The number of sulfonamides is 1. The van der Waals surface area contributed by atoms with Gasteiger partial charge < -0.3 is 9.64 Å². The number of hydrogen-bond acceptors (Lipinski definition) is 7. The number of ether oxygens (including phenoxy) is 1. The second-order valence-electron chi connectivity index (χ2n) is 8.11. The minimum atomic E-state index is -3.45. The lowest BCUT2D eigenvalue weighted by atomic mass is 9.96. The third kappa shape index (κ3) is 4.96. The van der Waals surface area contributed by atoms with Crippen molar-refractivity contribution in [1.82, 2.24) is 19.7 Å². The van der Waals surface area contributed by atoms with Crippen LogP contribution in [0.2, 0.25) is 0 Å². The van der Waals surface area contributed by atoms with Gasteiger partial charge in [0.2, 0.25) is 10.0 Å². The lowest BCUT2D eigenvalue weighted by molar-refractivity contribution is 0.129. The van der Waals surface area contributed by atoms with Gasteiger partial charge >= 0.3 is 6.09 Å². The van der Waals surface area contributed by atoms with E-state index in [4.69, 9.17) is 4.74 Å². The number of carbonyl (C=O) groups excluding carboxylic acids is 1. The first kappa shape index (κ1) is 21.5. The SMILES string of the molecule is CC1CCN(c2ccc(N3C[C@H](Cn4ccnn4)OC3=O)cc2F)C(NS(C)(=O)=O)C1. The van der Waals surface area contributed by atoms with Crippen LogP contribution in [0.3, 0.4) is 0 Å². The van der Waals surface area contributed by atoms with Gasteiger partial charge in [0.25, 0.3) is 0 Å². The zero-order chi connectivity index (χ0) is 22.2. The summed E-state index contributed by atoms with van der Waals surface area (Å²) < 4.78 is 48.2. The summed E-state index contributed by atoms with van der Waals surface area (Å²) in [4.78, 5) is 15.4. The largest absolute Gasteiger partial charge is 0.442 e. The van der Waals surface area contributed by atoms with Crippen LogP contribution in [0.15, 0.2) is 30.6 Å². The van der Waals surface area contributed by atoms with Crippen LogP contribution in [0.25, 0.3) is 0 Å². The van der Waals surface area contributed by atoms with Crippen LogP contribution in [-0.2, 0) is 21.3 Å². The summed E-state index contributed by atoms with van der Waals surface area (Å²) in [5.74, 6) is -0.209. The zero-order valence-electron chi connectivity index (χ0n) is 17.3. The first-order valence-electron chi connectivity index (χ1n) is 10.1. The molecule has 3 atom stereocenters. The van der Waals surface area contributed by atoms with Crippen molar-refractivity contribution < 1.29 is 22.3 Å². The van der Waals surface area contributed by atoms with Crippen LogP contribution < -0.4 is 14.5 Å². The van der Waals surface area contributed by atoms with E-state index < -0.39 is 34.2 Å². The molecule has 31 heavy (non-hydrogen) atoms. The number of piperidine rings is 1. The highest BCUT2D eigenvalue weighted by Gasteiger charge is 2.34. The van der Waals surface area contributed by atoms with Gasteiger partial charge in [-0.15, -0.1) is 5.10 Å². The molecule has 2 aromatic rings. The van der Waals surface area contributed by atoms with Gasteiger partial charge in [0.15, 0.2) is 0 Å². The van der Waals surface area contributed by atoms with Crippen molar-refractivity contribution in [2.75, 3.05) is 29.1 Å². The summed E-state index contributed by atoms with van der Waals surface area (Å²) in [6.07, 6.45) is 4.20. The molecule has 2 unspecified atom stereocenters. The molecule has 2 aliphatic heterocycles. The zero-order valence-corrected chi connectivity index (χ0v) is 18.1. The van der Waals surface area contributed by atoms with E-state index in [1.165, 1.54) is 17.2 Å². The van der Waals surface area contributed by atoms with E-state index in [9.17, 15) is 13.2 Å². The third-order valence-electron chi connectivity index (χ3n) is 5.50. The number of carbonyl (C=O) groups is 1. The minimum Gasteiger partial charge on any atom is -0.442 e. The maximum atomic E-state index is 15.1. The van der Waals surface area contributed by atoms with E-state index in [1.807, 2.05) is 6.92 Å². The van der Waals surface area contributed by atoms with Crippen molar-refractivity contribution in [3.63, 3.8) is 0 Å². The number of hydrogen-bond donors (Lipinski definition) is 1. The summed E-state index contributed by atoms with van der Waals surface area (Å²) >= 11 is 0. The molecule has 0 aliphatic carbocycles. The van der Waals surface area contributed by atoms with Gasteiger partial charge in [0.05, 0.1) is 43.1 Å². The molecule has 0 saturated carbocycles. The minimum absolute atomic E-state index is 0.261. The number of halogens is 1. The molecule has 168 valence electrons. The van der Waals surface area contributed by atoms with Crippen molar-refractivity contribution in [3.8, 4) is 0 Å². The van der Waals surface area contributed by atoms with E-state index in [-0.39, 0.29) is 6.54 Å². The fraction of sp³-hybridized carbons (Fsp3) is 0.526. The molecule has 0 spiro atoms. The molecule has 2 aliphatic rings. The average molecular weight is 453 g/mol. The molecule has 3 heterocycles. The highest BCUT2D eigenvalue weighted by atomic mass is 32.2. The monoisotopic (exact) mass is 452 g/mol. The molecule has 2 saturated heterocycles. The predicted octanol–water partition coefficient (Wildman–Crippen LogP) is 1.55. The molecule has 1 N–H and O–H groups in total. The van der Waals surface area contributed by atoms with Crippen LogP contribution in [0.4, 0.5) is 20.6 Å². The number of aromatic nitrogens is 3. The maximum Gasteiger partial charge on any atom is 0.414 e. The van der Waals surface area contributed by atoms with E-state index >= 15 is 4.39 Å². The van der Waals surface area contributed by atoms with Crippen molar-refractivity contribution in [2.45, 2.75) is 38.6 Å². The van der Waals surface area contributed by atoms with Gasteiger partial charge in [-0.3, -0.25) is 4.90 Å². The Balaban J connectivity index is 1.51. The van der Waals surface area contributed by atoms with Crippen LogP contribution in [0.1, 0.15) is 19.8 Å². The second-order valence-corrected chi connectivity index (χ2v) is 9.89. The molecule has 2 fully saturated rings. The molecule has 1 aromatic heterocycles. The second kappa shape index (κ2) is 8.42. The van der Waals surface area contributed by atoms with Crippen LogP contribution in [-0.4, -0.2) is 61.1 Å². The summed E-state index contributed by atoms with van der Waals surface area (Å²) in [7, 11) is -3.45. The number of benzene rings is 1. The Labute approximate surface area is 180 Å². The van der Waals surface area contributed by atoms with Gasteiger partial charge in [0, 0.05) is 12.7 Å². The van der Waals surface area contributed by atoms with E-state index in [1.54, 1.807) is 27.9 Å². The lowest BCUT2D eigenvalue weighted by Gasteiger charge is -2.40. The summed E-state index contributed by atoms with van der Waals surface area (Å²) in [6, 6.07) is 4.51. The maximum absolute atomic E-state index is 15.1. The lowest BCUT2D eigenvalue weighted by Crippen LogP contribution is -2.52. The van der Waals surface area contributed by atoms with Gasteiger partial charge in [-0.05, 0) is 37.0 Å². The van der Waals surface area contributed by atoms with Gasteiger partial charge in [-0.1, -0.05) is 12.1 Å². The molecule has 0 bridgehead atoms. The van der Waals surface area contributed by atoms with E-state index in [0.717, 1.165) is 12.7 Å². The Hall–Kier alpha value is -2.73. The number of cyclic esters (lactones) is 1. The van der Waals surface area contributed by atoms with Crippen LogP contribution in [0.5, 0.6) is 0 Å². The van der Waals surface area contributed by atoms with Crippen molar-refractivity contribution in [2.24, 2.45) is 5.92 Å². The average Bonchev–Trinajstić information content (AvgIpc) is 3.31. The normalized spacial score (nSPS) is 24.5. The summed E-state index contributed by atoms with van der Waals surface area (Å²) in [5, 5.41) is 7.58. The van der Waals surface area contributed by atoms with E-state index in [0.29, 0.717) is 36.8 Å². The summed E-state index contributed by atoms with van der Waals surface area (Å²) in [6.45, 7) is 3.18. The highest BCUT2D eigenvalue weighted by molar-refractivity contribution is 7.88. The summed E-state index contributed by atoms with van der Waals surface area (Å²) in [5.41, 5.74) is 0.675. The van der Waals surface area contributed by atoms with Crippen molar-refractivity contribution >= 4 is 27.5 Å². The first-order valence-corrected chi connectivity index (χ1v) is 11.9. The topological polar surface area (TPSA) is 110 Å². The van der Waals surface area contributed by atoms with Crippen molar-refractivity contribution in [1.29, 1.82) is 0 Å². The molecule has 0 radical (unpaired) electrons. The van der Waals surface area contributed by atoms with E-state index in [2.05, 4.69) is 15.0 Å². The van der Waals surface area contributed by atoms with Gasteiger partial charge in [-0.25, -0.2) is 22.3 Å². The predicted molar refractivity (Wildman–Crippen MR) is 112 cm³/mol. The number of nitrogens with one attached hydrogen (secondary N) is 1. The Morgan fingerprint density at radius 2 is 2.16 bits per heavy atom. The molecule has 10 nitrogen and oxygen atoms in total. The Morgan fingerprint density at radius 3 is 2.84 bits per heavy atom. The number of rotatable bonds is 6. The Kier molecular flexibility index (Phi) is 5.84. The number of anilines is 2. The molecule has 12 heteroatoms. The van der Waals surface area contributed by atoms with Crippen LogP contribution in [0, 0.1) is 11.7 Å². The molecule has 4 rings (SSSR count). The third-order valence-corrected chi connectivity index (χ3v) is 6.20. The molecular formula is C19H25FN6O4S. The number of amides is 1.